The molecular formula is C27H31N9O2. The van der Waals surface area contributed by atoms with Crippen LogP contribution in [-0.2, 0) is 11.3 Å². The first-order chi connectivity index (χ1) is 18.2. The SMILES string of the molecule is CC(c1cccc(CN(N)/C=C(\N)c2cc(-c3cccc(C#N)c3)nc(N)n2)n1)N1CCC(C(=O)O)CC1. The highest BCUT2D eigenvalue weighted by Gasteiger charge is 2.27. The van der Waals surface area contributed by atoms with Crippen LogP contribution in [0.15, 0.2) is 54.7 Å². The maximum Gasteiger partial charge on any atom is 0.306 e. The molecule has 0 spiro atoms. The van der Waals surface area contributed by atoms with E-state index in [2.05, 4.69) is 27.9 Å². The van der Waals surface area contributed by atoms with Crippen molar-refractivity contribution < 1.29 is 9.90 Å². The number of hydrogen-bond acceptors (Lipinski definition) is 10. The number of aromatic nitrogens is 3. The summed E-state index contributed by atoms with van der Waals surface area (Å²) in [5.41, 5.74) is 16.4. The van der Waals surface area contributed by atoms with Gasteiger partial charge in [-0.2, -0.15) is 5.26 Å². The van der Waals surface area contributed by atoms with Gasteiger partial charge in [0.15, 0.2) is 0 Å². The number of pyridine rings is 1. The van der Waals surface area contributed by atoms with Gasteiger partial charge in [0.2, 0.25) is 5.95 Å². The summed E-state index contributed by atoms with van der Waals surface area (Å²) in [4.78, 5) is 26.8. The quantitative estimate of drug-likeness (QED) is 0.256. The summed E-state index contributed by atoms with van der Waals surface area (Å²) >= 11 is 0. The standard InChI is InChI=1S/C27H31N9O2/c1-17(35-10-8-19(9-11-35)26(37)38)23-7-3-6-21(32-23)15-36(31)16-22(29)25-13-24(33-27(30)34-25)20-5-2-4-18(12-20)14-28/h2-7,12-13,16-17,19H,8-11,15,29,31H2,1H3,(H,37,38)(H2,30,33,34)/b22-16-. The van der Waals surface area contributed by atoms with Gasteiger partial charge in [-0.05, 0) is 63.2 Å². The number of hydrogen-bond donors (Lipinski definition) is 4. The first kappa shape index (κ1) is 26.5. The summed E-state index contributed by atoms with van der Waals surface area (Å²) in [6, 6.07) is 16.7. The Bertz CT molecular complexity index is 1380. The minimum absolute atomic E-state index is 0.0514. The van der Waals surface area contributed by atoms with Gasteiger partial charge in [-0.15, -0.1) is 0 Å². The first-order valence-electron chi connectivity index (χ1n) is 12.3. The number of anilines is 1. The number of hydrazine groups is 1. The lowest BCUT2D eigenvalue weighted by molar-refractivity contribution is -0.143. The Balaban J connectivity index is 1.45. The van der Waals surface area contributed by atoms with Gasteiger partial charge < -0.3 is 21.6 Å². The zero-order valence-electron chi connectivity index (χ0n) is 21.2. The average Bonchev–Trinajstić information content (AvgIpc) is 2.92. The molecule has 3 aromatic rings. The Kier molecular flexibility index (Phi) is 8.15. The minimum atomic E-state index is -0.720. The molecule has 0 saturated carbocycles. The number of carboxylic acid groups (broad SMARTS) is 1. The number of nitrogens with zero attached hydrogens (tertiary/aromatic N) is 6. The van der Waals surface area contributed by atoms with Gasteiger partial charge in [0.1, 0.15) is 0 Å². The van der Waals surface area contributed by atoms with E-state index in [1.54, 1.807) is 30.5 Å². The van der Waals surface area contributed by atoms with Gasteiger partial charge in [-0.3, -0.25) is 14.7 Å². The molecule has 1 fully saturated rings. The molecule has 0 amide bonds. The number of carboxylic acids is 1. The maximum absolute atomic E-state index is 11.3. The van der Waals surface area contributed by atoms with Crippen LogP contribution >= 0.6 is 0 Å². The van der Waals surface area contributed by atoms with Crippen LogP contribution in [-0.4, -0.2) is 49.0 Å². The van der Waals surface area contributed by atoms with Crippen molar-refractivity contribution in [3.05, 3.63) is 77.4 Å². The molecule has 0 bridgehead atoms. The van der Waals surface area contributed by atoms with Gasteiger partial charge in [-0.1, -0.05) is 18.2 Å². The molecule has 1 aromatic carbocycles. The third-order valence-corrected chi connectivity index (χ3v) is 6.66. The second-order valence-corrected chi connectivity index (χ2v) is 9.32. The van der Waals surface area contributed by atoms with E-state index < -0.39 is 5.97 Å². The van der Waals surface area contributed by atoms with E-state index in [1.165, 1.54) is 5.01 Å². The fourth-order valence-electron chi connectivity index (χ4n) is 4.53. The number of piperidine rings is 1. The van der Waals surface area contributed by atoms with E-state index in [0.717, 1.165) is 30.0 Å². The molecule has 1 aliphatic heterocycles. The zero-order valence-corrected chi connectivity index (χ0v) is 21.2. The lowest BCUT2D eigenvalue weighted by atomic mass is 9.95. The van der Waals surface area contributed by atoms with E-state index in [4.69, 9.17) is 22.3 Å². The summed E-state index contributed by atoms with van der Waals surface area (Å²) in [6.45, 7) is 3.82. The normalized spacial score (nSPS) is 15.6. The Labute approximate surface area is 221 Å². The number of nitrogens with two attached hydrogens (primary N) is 3. The molecule has 0 aliphatic carbocycles. The highest BCUT2D eigenvalue weighted by Crippen LogP contribution is 2.26. The Morgan fingerprint density at radius 1 is 1.21 bits per heavy atom. The van der Waals surface area contributed by atoms with Crippen molar-refractivity contribution in [2.24, 2.45) is 17.5 Å². The summed E-state index contributed by atoms with van der Waals surface area (Å²) < 4.78 is 0. The van der Waals surface area contributed by atoms with E-state index >= 15 is 0 Å². The van der Waals surface area contributed by atoms with Crippen molar-refractivity contribution >= 4 is 17.6 Å². The van der Waals surface area contributed by atoms with Gasteiger partial charge in [-0.25, -0.2) is 15.8 Å². The van der Waals surface area contributed by atoms with E-state index in [-0.39, 0.29) is 17.9 Å². The molecule has 3 heterocycles. The van der Waals surface area contributed by atoms with Crippen molar-refractivity contribution in [2.45, 2.75) is 32.4 Å². The highest BCUT2D eigenvalue weighted by molar-refractivity contribution is 5.70. The summed E-state index contributed by atoms with van der Waals surface area (Å²) in [6.07, 6.45) is 2.84. The topological polar surface area (TPSA) is 184 Å². The molecule has 196 valence electrons. The second kappa shape index (κ2) is 11.7. The predicted molar refractivity (Wildman–Crippen MR) is 143 cm³/mol. The fourth-order valence-corrected chi connectivity index (χ4v) is 4.53. The predicted octanol–water partition coefficient (Wildman–Crippen LogP) is 2.48. The summed E-state index contributed by atoms with van der Waals surface area (Å²) in [5.74, 6) is 5.30. The summed E-state index contributed by atoms with van der Waals surface area (Å²) in [5, 5.41) is 19.9. The molecule has 1 aliphatic rings. The largest absolute Gasteiger partial charge is 0.481 e. The monoisotopic (exact) mass is 513 g/mol. The maximum atomic E-state index is 11.3. The lowest BCUT2D eigenvalue weighted by Gasteiger charge is -2.34. The Morgan fingerprint density at radius 2 is 1.95 bits per heavy atom. The van der Waals surface area contributed by atoms with E-state index in [9.17, 15) is 15.2 Å². The van der Waals surface area contributed by atoms with Gasteiger partial charge in [0.25, 0.3) is 0 Å². The van der Waals surface area contributed by atoms with Crippen LogP contribution in [0.5, 0.6) is 0 Å². The van der Waals surface area contributed by atoms with E-state index in [0.29, 0.717) is 42.0 Å². The minimum Gasteiger partial charge on any atom is -0.481 e. The van der Waals surface area contributed by atoms with E-state index in [1.807, 2.05) is 24.3 Å². The lowest BCUT2D eigenvalue weighted by Crippen LogP contribution is -2.38. The number of aliphatic carboxylic acids is 1. The Morgan fingerprint density at radius 3 is 2.66 bits per heavy atom. The molecule has 7 N–H and O–H groups in total. The van der Waals surface area contributed by atoms with Crippen LogP contribution in [0.1, 0.15) is 48.5 Å². The Hall–Kier alpha value is -4.53. The summed E-state index contributed by atoms with van der Waals surface area (Å²) in [7, 11) is 0. The fraction of sp³-hybridized carbons (Fsp3) is 0.296. The number of carbonyl (C=O) groups is 1. The van der Waals surface area contributed by atoms with Crippen LogP contribution in [0.3, 0.4) is 0 Å². The molecular weight excluding hydrogens is 482 g/mol. The third-order valence-electron chi connectivity index (χ3n) is 6.66. The number of benzene rings is 1. The van der Waals surface area contributed by atoms with Crippen LogP contribution in [0.4, 0.5) is 5.95 Å². The smallest absolute Gasteiger partial charge is 0.306 e. The zero-order chi connectivity index (χ0) is 27.2. The van der Waals surface area contributed by atoms with Gasteiger partial charge >= 0.3 is 5.97 Å². The molecule has 1 atom stereocenters. The number of rotatable bonds is 8. The number of nitriles is 1. The van der Waals surface area contributed by atoms with Gasteiger partial charge in [0, 0.05) is 17.8 Å². The van der Waals surface area contributed by atoms with Crippen molar-refractivity contribution in [1.82, 2.24) is 24.9 Å². The first-order valence-corrected chi connectivity index (χ1v) is 12.3. The van der Waals surface area contributed by atoms with Crippen LogP contribution in [0.2, 0.25) is 0 Å². The van der Waals surface area contributed by atoms with Crippen molar-refractivity contribution in [3.8, 4) is 17.3 Å². The average molecular weight is 514 g/mol. The number of likely N-dealkylation sites (tertiary alicyclic amines) is 1. The number of nitrogen functional groups attached to an aromatic ring is 1. The molecule has 1 saturated heterocycles. The molecule has 11 nitrogen and oxygen atoms in total. The molecule has 11 heteroatoms. The highest BCUT2D eigenvalue weighted by atomic mass is 16.4. The molecule has 1 unspecified atom stereocenters. The van der Waals surface area contributed by atoms with Crippen molar-refractivity contribution in [3.63, 3.8) is 0 Å². The second-order valence-electron chi connectivity index (χ2n) is 9.32. The third kappa shape index (κ3) is 6.42. The van der Waals surface area contributed by atoms with Crippen LogP contribution < -0.4 is 17.3 Å². The van der Waals surface area contributed by atoms with Crippen LogP contribution in [0.25, 0.3) is 17.0 Å². The van der Waals surface area contributed by atoms with Crippen molar-refractivity contribution in [2.75, 3.05) is 18.8 Å². The molecule has 0 radical (unpaired) electrons. The molecule has 2 aromatic heterocycles. The van der Waals surface area contributed by atoms with Gasteiger partial charge in [0.05, 0.1) is 52.6 Å². The van der Waals surface area contributed by atoms with Crippen molar-refractivity contribution in [1.29, 1.82) is 5.26 Å². The molecule has 38 heavy (non-hydrogen) atoms. The molecule has 4 rings (SSSR count). The van der Waals surface area contributed by atoms with Crippen LogP contribution in [0, 0.1) is 17.2 Å².